The van der Waals surface area contributed by atoms with Crippen LogP contribution < -0.4 is 5.32 Å². The molecular formula is C25H33N3O2. The Morgan fingerprint density at radius 2 is 1.97 bits per heavy atom. The van der Waals surface area contributed by atoms with Gasteiger partial charge in [0.05, 0.1) is 11.8 Å². The van der Waals surface area contributed by atoms with Crippen LogP contribution in [0.5, 0.6) is 0 Å². The third-order valence-corrected chi connectivity index (χ3v) is 6.83. The Balaban J connectivity index is 1.79. The average Bonchev–Trinajstić information content (AvgIpc) is 3.29. The number of rotatable bonds is 6. The van der Waals surface area contributed by atoms with Gasteiger partial charge in [0, 0.05) is 29.4 Å². The van der Waals surface area contributed by atoms with Gasteiger partial charge in [-0.2, -0.15) is 0 Å². The zero-order chi connectivity index (χ0) is 21.4. The van der Waals surface area contributed by atoms with Crippen molar-refractivity contribution in [1.82, 2.24) is 9.97 Å². The SMILES string of the molecule is CCc1cc2cc(-c3c(NC4CC(C)C(CO)C4)nc(C)c(CC)c3C)oc2cn1. The third kappa shape index (κ3) is 3.71. The van der Waals surface area contributed by atoms with Crippen LogP contribution >= 0.6 is 0 Å². The largest absolute Gasteiger partial charge is 0.454 e. The number of fused-ring (bicyclic) bond motifs is 1. The Hall–Kier alpha value is -2.40. The summed E-state index contributed by atoms with van der Waals surface area (Å²) in [7, 11) is 0. The third-order valence-electron chi connectivity index (χ3n) is 6.83. The Bertz CT molecular complexity index is 1060. The zero-order valence-electron chi connectivity index (χ0n) is 18.7. The first-order valence-electron chi connectivity index (χ1n) is 11.2. The normalized spacial score (nSPS) is 21.5. The predicted molar refractivity (Wildman–Crippen MR) is 122 cm³/mol. The molecule has 5 nitrogen and oxygen atoms in total. The van der Waals surface area contributed by atoms with Crippen LogP contribution in [0.25, 0.3) is 22.3 Å². The lowest BCUT2D eigenvalue weighted by atomic mass is 9.97. The highest BCUT2D eigenvalue weighted by atomic mass is 16.3. The number of aromatic nitrogens is 2. The molecular weight excluding hydrogens is 374 g/mol. The van der Waals surface area contributed by atoms with Crippen molar-refractivity contribution in [3.63, 3.8) is 0 Å². The van der Waals surface area contributed by atoms with Gasteiger partial charge in [-0.3, -0.25) is 4.98 Å². The number of nitrogens with one attached hydrogen (secondary N) is 1. The molecule has 2 N–H and O–H groups in total. The Morgan fingerprint density at radius 3 is 2.63 bits per heavy atom. The van der Waals surface area contributed by atoms with Crippen molar-refractivity contribution in [2.24, 2.45) is 11.8 Å². The zero-order valence-corrected chi connectivity index (χ0v) is 18.7. The number of aryl methyl sites for hydroxylation is 2. The van der Waals surface area contributed by atoms with E-state index in [2.05, 4.69) is 57.1 Å². The maximum absolute atomic E-state index is 9.67. The maximum Gasteiger partial charge on any atom is 0.153 e. The smallest absolute Gasteiger partial charge is 0.153 e. The van der Waals surface area contributed by atoms with Gasteiger partial charge in [0.2, 0.25) is 0 Å². The van der Waals surface area contributed by atoms with Gasteiger partial charge in [-0.1, -0.05) is 20.8 Å². The van der Waals surface area contributed by atoms with Crippen LogP contribution in [0.4, 0.5) is 5.82 Å². The number of nitrogens with zero attached hydrogens (tertiary/aromatic N) is 2. The Labute approximate surface area is 178 Å². The predicted octanol–water partition coefficient (Wildman–Crippen LogP) is 5.45. The van der Waals surface area contributed by atoms with E-state index in [0.29, 0.717) is 17.9 Å². The fourth-order valence-corrected chi connectivity index (χ4v) is 5.03. The van der Waals surface area contributed by atoms with E-state index in [4.69, 9.17) is 9.40 Å². The number of anilines is 1. The van der Waals surface area contributed by atoms with Crippen LogP contribution in [0.15, 0.2) is 22.7 Å². The van der Waals surface area contributed by atoms with Crippen LogP contribution in [-0.4, -0.2) is 27.7 Å². The van der Waals surface area contributed by atoms with Gasteiger partial charge in [-0.15, -0.1) is 0 Å². The molecule has 3 aromatic heterocycles. The van der Waals surface area contributed by atoms with Crippen molar-refractivity contribution in [2.45, 2.75) is 66.3 Å². The number of hydrogen-bond acceptors (Lipinski definition) is 5. The molecule has 30 heavy (non-hydrogen) atoms. The molecule has 5 heteroatoms. The summed E-state index contributed by atoms with van der Waals surface area (Å²) in [5, 5.41) is 14.5. The maximum atomic E-state index is 9.67. The molecule has 1 fully saturated rings. The van der Waals surface area contributed by atoms with E-state index in [0.717, 1.165) is 65.2 Å². The van der Waals surface area contributed by atoms with Gasteiger partial charge in [0.1, 0.15) is 11.6 Å². The Kier molecular flexibility index (Phi) is 5.83. The van der Waals surface area contributed by atoms with E-state index in [1.165, 1.54) is 11.1 Å². The number of aliphatic hydroxyl groups is 1. The molecule has 160 valence electrons. The van der Waals surface area contributed by atoms with Crippen LogP contribution in [0.1, 0.15) is 56.1 Å². The van der Waals surface area contributed by atoms with E-state index < -0.39 is 0 Å². The van der Waals surface area contributed by atoms with Crippen molar-refractivity contribution in [1.29, 1.82) is 0 Å². The van der Waals surface area contributed by atoms with Gasteiger partial charge in [-0.25, -0.2) is 4.98 Å². The summed E-state index contributed by atoms with van der Waals surface area (Å²) in [6, 6.07) is 4.54. The minimum atomic E-state index is 0.253. The summed E-state index contributed by atoms with van der Waals surface area (Å²) in [4.78, 5) is 9.46. The molecule has 0 saturated heterocycles. The molecule has 4 rings (SSSR count). The second kappa shape index (κ2) is 8.38. The standard InChI is InChI=1S/C25H33N3O2/c1-6-19-9-17-11-22(30-23(17)12-26-19)24-15(4)21(7-2)16(5)27-25(24)28-20-8-14(3)18(10-20)13-29/h9,11-12,14,18,20,29H,6-8,10,13H2,1-5H3,(H,27,28). The highest BCUT2D eigenvalue weighted by Crippen LogP contribution is 2.39. The molecule has 3 atom stereocenters. The lowest BCUT2D eigenvalue weighted by Gasteiger charge is -2.20. The van der Waals surface area contributed by atoms with Crippen molar-refractivity contribution in [3.8, 4) is 11.3 Å². The minimum absolute atomic E-state index is 0.253. The summed E-state index contributed by atoms with van der Waals surface area (Å²) >= 11 is 0. The van der Waals surface area contributed by atoms with Crippen LogP contribution in [0, 0.1) is 25.7 Å². The quantitative estimate of drug-likeness (QED) is 0.568. The first-order chi connectivity index (χ1) is 14.4. The van der Waals surface area contributed by atoms with Crippen molar-refractivity contribution >= 4 is 16.8 Å². The van der Waals surface area contributed by atoms with Gasteiger partial charge >= 0.3 is 0 Å². The van der Waals surface area contributed by atoms with E-state index in [1.54, 1.807) is 0 Å². The first kappa shape index (κ1) is 20.9. The van der Waals surface area contributed by atoms with Crippen LogP contribution in [-0.2, 0) is 12.8 Å². The number of hydrogen-bond donors (Lipinski definition) is 2. The molecule has 0 aromatic carbocycles. The lowest BCUT2D eigenvalue weighted by Crippen LogP contribution is -2.19. The summed E-state index contributed by atoms with van der Waals surface area (Å²) in [5.74, 6) is 2.60. The Morgan fingerprint density at radius 1 is 1.17 bits per heavy atom. The molecule has 0 radical (unpaired) electrons. The van der Waals surface area contributed by atoms with E-state index in [9.17, 15) is 5.11 Å². The second-order valence-electron chi connectivity index (χ2n) is 8.79. The lowest BCUT2D eigenvalue weighted by molar-refractivity contribution is 0.201. The first-order valence-corrected chi connectivity index (χ1v) is 11.2. The molecule has 3 unspecified atom stereocenters. The van der Waals surface area contributed by atoms with Gasteiger partial charge in [0.15, 0.2) is 5.58 Å². The van der Waals surface area contributed by atoms with Crippen LogP contribution in [0.3, 0.4) is 0 Å². The second-order valence-corrected chi connectivity index (χ2v) is 8.79. The topological polar surface area (TPSA) is 71.2 Å². The molecule has 3 aromatic rings. The summed E-state index contributed by atoms with van der Waals surface area (Å²) in [5.41, 5.74) is 6.48. The van der Waals surface area contributed by atoms with E-state index >= 15 is 0 Å². The van der Waals surface area contributed by atoms with Crippen molar-refractivity contribution in [3.05, 3.63) is 40.8 Å². The highest BCUT2D eigenvalue weighted by molar-refractivity contribution is 5.86. The molecule has 1 aliphatic carbocycles. The fraction of sp³-hybridized carbons (Fsp3) is 0.520. The number of pyridine rings is 2. The van der Waals surface area contributed by atoms with Gasteiger partial charge in [-0.05, 0) is 74.6 Å². The van der Waals surface area contributed by atoms with E-state index in [1.807, 2.05) is 6.20 Å². The molecule has 0 spiro atoms. The van der Waals surface area contributed by atoms with Gasteiger partial charge in [0.25, 0.3) is 0 Å². The van der Waals surface area contributed by atoms with Gasteiger partial charge < -0.3 is 14.8 Å². The number of aliphatic hydroxyl groups excluding tert-OH is 1. The summed E-state index contributed by atoms with van der Waals surface area (Å²) in [6.07, 6.45) is 5.68. The summed E-state index contributed by atoms with van der Waals surface area (Å²) in [6.45, 7) is 11.0. The average molecular weight is 408 g/mol. The van der Waals surface area contributed by atoms with Crippen molar-refractivity contribution in [2.75, 3.05) is 11.9 Å². The molecule has 0 bridgehead atoms. The molecule has 0 aliphatic heterocycles. The molecule has 1 aliphatic rings. The molecule has 1 saturated carbocycles. The monoisotopic (exact) mass is 407 g/mol. The minimum Gasteiger partial charge on any atom is -0.454 e. The fourth-order valence-electron chi connectivity index (χ4n) is 5.03. The number of furan rings is 1. The highest BCUT2D eigenvalue weighted by Gasteiger charge is 2.32. The molecule has 3 heterocycles. The van der Waals surface area contributed by atoms with Crippen molar-refractivity contribution < 1.29 is 9.52 Å². The summed E-state index contributed by atoms with van der Waals surface area (Å²) < 4.78 is 6.26. The van der Waals surface area contributed by atoms with E-state index in [-0.39, 0.29) is 6.61 Å². The molecule has 0 amide bonds. The van der Waals surface area contributed by atoms with Crippen LogP contribution in [0.2, 0.25) is 0 Å².